The molecule has 1 aliphatic carbocycles. The Kier molecular flexibility index (Phi) is 13.3. The number of aryl methyl sites for hydroxylation is 1. The first-order valence-corrected chi connectivity index (χ1v) is 10.9. The van der Waals surface area contributed by atoms with Gasteiger partial charge in [0, 0.05) is 11.0 Å². The highest BCUT2D eigenvalue weighted by Gasteiger charge is 2.31. The molecule has 29 heavy (non-hydrogen) atoms. The summed E-state index contributed by atoms with van der Waals surface area (Å²) < 4.78 is 0. The number of ketones is 1. The number of carbonyl (C=O) groups is 1. The summed E-state index contributed by atoms with van der Waals surface area (Å²) in [5, 5.41) is 18.9. The molecule has 1 aromatic rings. The van der Waals surface area contributed by atoms with Crippen LogP contribution in [0.15, 0.2) is 29.0 Å². The molecule has 0 fully saturated rings. The van der Waals surface area contributed by atoms with Crippen molar-refractivity contribution in [3.63, 3.8) is 0 Å². The van der Waals surface area contributed by atoms with Crippen molar-refractivity contribution in [3.8, 4) is 5.75 Å². The van der Waals surface area contributed by atoms with Gasteiger partial charge >= 0.3 is 0 Å². The molecule has 3 nitrogen and oxygen atoms in total. The third kappa shape index (κ3) is 7.38. The molecular formula is C26H44O3. The van der Waals surface area contributed by atoms with Crippen molar-refractivity contribution in [2.24, 2.45) is 5.41 Å². The monoisotopic (exact) mass is 404 g/mol. The van der Waals surface area contributed by atoms with E-state index in [1.807, 2.05) is 68.4 Å². The number of rotatable bonds is 2. The standard InChI is InChI=1S/C11H16O2.C11H16O.2C2H6/c1-5-8-7(2)10(13)9(12)6-11(8,3)4;1-5-10-7(2)6-11(12)9(4)8(10)3;2*1-2/h6,12H,5H2,1-4H3;6,12H,5H2,1-4H3;2*1-2H3. The Bertz CT molecular complexity index is 735. The highest BCUT2D eigenvalue weighted by Crippen LogP contribution is 2.37. The van der Waals surface area contributed by atoms with Crippen LogP contribution in [0.25, 0.3) is 0 Å². The second-order valence-electron chi connectivity index (χ2n) is 7.33. The van der Waals surface area contributed by atoms with Gasteiger partial charge in [-0.05, 0) is 74.9 Å². The van der Waals surface area contributed by atoms with Gasteiger partial charge in [-0.15, -0.1) is 0 Å². The molecule has 2 rings (SSSR count). The van der Waals surface area contributed by atoms with Crippen LogP contribution in [0.1, 0.15) is 91.0 Å². The second-order valence-corrected chi connectivity index (χ2v) is 7.33. The fourth-order valence-corrected chi connectivity index (χ4v) is 3.69. The van der Waals surface area contributed by atoms with Crippen molar-refractivity contribution < 1.29 is 15.0 Å². The molecule has 0 spiro atoms. The number of phenolic OH excluding ortho intramolecular Hbond substituents is 1. The van der Waals surface area contributed by atoms with Crippen molar-refractivity contribution >= 4 is 5.78 Å². The van der Waals surface area contributed by atoms with E-state index in [-0.39, 0.29) is 17.0 Å². The molecule has 166 valence electrons. The smallest absolute Gasteiger partial charge is 0.222 e. The number of aromatic hydroxyl groups is 1. The van der Waals surface area contributed by atoms with Crippen LogP contribution in [0.3, 0.4) is 0 Å². The number of aliphatic hydroxyl groups is 1. The Morgan fingerprint density at radius 1 is 0.862 bits per heavy atom. The van der Waals surface area contributed by atoms with E-state index < -0.39 is 0 Å². The van der Waals surface area contributed by atoms with E-state index in [0.717, 1.165) is 24.0 Å². The number of benzene rings is 1. The Morgan fingerprint density at radius 3 is 1.76 bits per heavy atom. The zero-order valence-corrected chi connectivity index (χ0v) is 20.9. The Balaban J connectivity index is 0. The first kappa shape index (κ1) is 29.2. The van der Waals surface area contributed by atoms with Crippen molar-refractivity contribution in [2.75, 3.05) is 0 Å². The molecule has 3 heteroatoms. The Morgan fingerprint density at radius 2 is 1.34 bits per heavy atom. The van der Waals surface area contributed by atoms with Crippen molar-refractivity contribution in [2.45, 2.75) is 95.9 Å². The molecule has 0 atom stereocenters. The average molecular weight is 405 g/mol. The van der Waals surface area contributed by atoms with Gasteiger partial charge in [0.1, 0.15) is 5.75 Å². The van der Waals surface area contributed by atoms with E-state index in [2.05, 4.69) is 13.8 Å². The number of allylic oxidation sites excluding steroid dienone is 3. The summed E-state index contributed by atoms with van der Waals surface area (Å²) in [6, 6.07) is 1.85. The topological polar surface area (TPSA) is 57.5 Å². The first-order valence-electron chi connectivity index (χ1n) is 10.9. The lowest BCUT2D eigenvalue weighted by molar-refractivity contribution is -0.115. The molecule has 0 amide bonds. The van der Waals surface area contributed by atoms with Crippen LogP contribution < -0.4 is 0 Å². The Labute approximate surface area is 179 Å². The molecule has 0 saturated carbocycles. The van der Waals surface area contributed by atoms with E-state index in [0.29, 0.717) is 11.3 Å². The highest BCUT2D eigenvalue weighted by molar-refractivity contribution is 6.07. The molecule has 0 aliphatic heterocycles. The van der Waals surface area contributed by atoms with Crippen LogP contribution >= 0.6 is 0 Å². The van der Waals surface area contributed by atoms with Crippen molar-refractivity contribution in [1.82, 2.24) is 0 Å². The van der Waals surface area contributed by atoms with Crippen LogP contribution in [0.2, 0.25) is 0 Å². The number of phenols is 1. The minimum absolute atomic E-state index is 0.111. The summed E-state index contributed by atoms with van der Waals surface area (Å²) in [6.45, 7) is 24.1. The summed E-state index contributed by atoms with van der Waals surface area (Å²) in [5.74, 6) is 0.0816. The number of Topliss-reactive ketones (excluding diaryl/α,β-unsaturated/α-hetero) is 1. The Hall–Kier alpha value is -2.03. The van der Waals surface area contributed by atoms with E-state index >= 15 is 0 Å². The number of carbonyl (C=O) groups excluding carboxylic acids is 1. The molecule has 0 saturated heterocycles. The van der Waals surface area contributed by atoms with Gasteiger partial charge in [-0.25, -0.2) is 0 Å². The van der Waals surface area contributed by atoms with Gasteiger partial charge in [-0.2, -0.15) is 0 Å². The molecule has 0 unspecified atom stereocenters. The third-order valence-electron chi connectivity index (χ3n) is 5.24. The van der Waals surface area contributed by atoms with Gasteiger partial charge in [0.05, 0.1) is 0 Å². The lowest BCUT2D eigenvalue weighted by atomic mass is 9.75. The van der Waals surface area contributed by atoms with Crippen LogP contribution in [0.5, 0.6) is 5.75 Å². The van der Waals surface area contributed by atoms with Crippen LogP contribution in [-0.2, 0) is 11.2 Å². The van der Waals surface area contributed by atoms with Gasteiger partial charge in [0.15, 0.2) is 5.76 Å². The molecule has 0 bridgehead atoms. The second kappa shape index (κ2) is 13.2. The van der Waals surface area contributed by atoms with E-state index in [1.54, 1.807) is 13.0 Å². The predicted molar refractivity (Wildman–Crippen MR) is 127 cm³/mol. The van der Waals surface area contributed by atoms with E-state index in [1.165, 1.54) is 16.7 Å². The van der Waals surface area contributed by atoms with Gasteiger partial charge in [0.2, 0.25) is 5.78 Å². The summed E-state index contributed by atoms with van der Waals surface area (Å²) in [6.07, 6.45) is 3.54. The van der Waals surface area contributed by atoms with Crippen LogP contribution in [0.4, 0.5) is 0 Å². The summed E-state index contributed by atoms with van der Waals surface area (Å²) in [5.41, 5.74) is 6.44. The van der Waals surface area contributed by atoms with E-state index in [9.17, 15) is 15.0 Å². The van der Waals surface area contributed by atoms with Crippen LogP contribution in [-0.4, -0.2) is 16.0 Å². The average Bonchev–Trinajstić information content (AvgIpc) is 2.68. The molecule has 1 aliphatic rings. The SMILES string of the molecule is CC.CC.CCC1=C(C)C(=O)C(O)=CC1(C)C.CCc1c(C)cc(O)c(C)c1C. The number of hydrogen-bond acceptors (Lipinski definition) is 3. The number of aliphatic hydroxyl groups excluding tert-OH is 1. The van der Waals surface area contributed by atoms with Crippen molar-refractivity contribution in [1.29, 1.82) is 0 Å². The maximum Gasteiger partial charge on any atom is 0.222 e. The molecule has 0 aromatic heterocycles. The van der Waals surface area contributed by atoms with E-state index in [4.69, 9.17) is 0 Å². The third-order valence-corrected chi connectivity index (χ3v) is 5.24. The number of hydrogen-bond donors (Lipinski definition) is 2. The molecule has 0 heterocycles. The molecular weight excluding hydrogens is 360 g/mol. The van der Waals surface area contributed by atoms with Gasteiger partial charge in [-0.1, -0.05) is 61.0 Å². The molecule has 1 aromatic carbocycles. The normalized spacial score (nSPS) is 14.5. The minimum Gasteiger partial charge on any atom is -0.508 e. The molecule has 0 radical (unpaired) electrons. The highest BCUT2D eigenvalue weighted by atomic mass is 16.3. The maximum atomic E-state index is 11.4. The predicted octanol–water partition coefficient (Wildman–Crippen LogP) is 7.70. The quantitative estimate of drug-likeness (QED) is 0.531. The zero-order chi connectivity index (χ0) is 23.5. The molecule has 2 N–H and O–H groups in total. The summed E-state index contributed by atoms with van der Waals surface area (Å²) in [7, 11) is 0. The lowest BCUT2D eigenvalue weighted by Gasteiger charge is -2.29. The van der Waals surface area contributed by atoms with Gasteiger partial charge in [0.25, 0.3) is 0 Å². The van der Waals surface area contributed by atoms with Crippen LogP contribution in [0, 0.1) is 26.2 Å². The minimum atomic E-state index is -0.226. The van der Waals surface area contributed by atoms with Crippen molar-refractivity contribution in [3.05, 3.63) is 51.3 Å². The fraction of sp³-hybridized carbons (Fsp3) is 0.577. The summed E-state index contributed by atoms with van der Waals surface area (Å²) in [4.78, 5) is 11.4. The fourth-order valence-electron chi connectivity index (χ4n) is 3.69. The van der Waals surface area contributed by atoms with Gasteiger partial charge in [-0.3, -0.25) is 4.79 Å². The van der Waals surface area contributed by atoms with Gasteiger partial charge < -0.3 is 10.2 Å². The maximum absolute atomic E-state index is 11.4. The summed E-state index contributed by atoms with van der Waals surface area (Å²) >= 11 is 0. The first-order chi connectivity index (χ1) is 13.5. The largest absolute Gasteiger partial charge is 0.508 e. The lowest BCUT2D eigenvalue weighted by Crippen LogP contribution is -2.23. The zero-order valence-electron chi connectivity index (χ0n) is 20.9.